The number of carbonyl (C=O) groups is 1. The van der Waals surface area contributed by atoms with Crippen LogP contribution < -0.4 is 10.9 Å². The third-order valence-electron chi connectivity index (χ3n) is 5.19. The molecule has 2 aromatic rings. The quantitative estimate of drug-likeness (QED) is 0.878. The Hall–Kier alpha value is -2.25. The minimum atomic E-state index is -0.337. The van der Waals surface area contributed by atoms with E-state index in [0.717, 1.165) is 30.6 Å². The monoisotopic (exact) mass is 358 g/mol. The number of hydrogen-bond acceptors (Lipinski definition) is 5. The zero-order valence-corrected chi connectivity index (χ0v) is 14.8. The van der Waals surface area contributed by atoms with Gasteiger partial charge in [0.15, 0.2) is 0 Å². The molecule has 3 heterocycles. The lowest BCUT2D eigenvalue weighted by Gasteiger charge is -2.28. The molecule has 1 aromatic heterocycles. The maximum Gasteiger partial charge on any atom is 0.241 e. The topological polar surface area (TPSA) is 70.4 Å². The molecule has 7 heteroatoms. The summed E-state index contributed by atoms with van der Waals surface area (Å²) in [5, 5.41) is 4.08. The Kier molecular flexibility index (Phi) is 4.74. The molecule has 0 spiro atoms. The van der Waals surface area contributed by atoms with Crippen molar-refractivity contribution in [3.05, 3.63) is 41.4 Å². The second-order valence-electron chi connectivity index (χ2n) is 6.99. The first-order chi connectivity index (χ1) is 12.7. The number of halogens is 1. The fraction of sp³-hybridized carbons (Fsp3) is 0.474. The number of benzene rings is 1. The van der Waals surface area contributed by atoms with Crippen molar-refractivity contribution in [2.45, 2.75) is 51.2 Å². The van der Waals surface area contributed by atoms with Crippen molar-refractivity contribution in [1.82, 2.24) is 20.9 Å². The van der Waals surface area contributed by atoms with E-state index in [4.69, 9.17) is 4.52 Å². The van der Waals surface area contributed by atoms with Crippen molar-refractivity contribution >= 4 is 5.91 Å². The molecular formula is C19H23FN4O2. The fourth-order valence-electron chi connectivity index (χ4n) is 3.80. The Balaban J connectivity index is 1.52. The Morgan fingerprint density at radius 2 is 2.23 bits per heavy atom. The molecule has 2 aliphatic rings. The Morgan fingerprint density at radius 1 is 1.38 bits per heavy atom. The summed E-state index contributed by atoms with van der Waals surface area (Å²) in [5.74, 6) is 0.479. The molecule has 0 aliphatic carbocycles. The molecule has 1 amide bonds. The highest BCUT2D eigenvalue weighted by atomic mass is 19.1. The summed E-state index contributed by atoms with van der Waals surface area (Å²) >= 11 is 0. The third-order valence-corrected chi connectivity index (χ3v) is 5.19. The van der Waals surface area contributed by atoms with Crippen molar-refractivity contribution in [2.75, 3.05) is 6.54 Å². The van der Waals surface area contributed by atoms with Gasteiger partial charge in [-0.15, -0.1) is 0 Å². The molecule has 0 saturated carbocycles. The summed E-state index contributed by atoms with van der Waals surface area (Å²) in [7, 11) is 0. The van der Waals surface area contributed by atoms with Crippen molar-refractivity contribution in [2.24, 2.45) is 0 Å². The van der Waals surface area contributed by atoms with Crippen LogP contribution in [-0.2, 0) is 17.8 Å². The maximum atomic E-state index is 14.2. The first kappa shape index (κ1) is 17.2. The molecule has 0 radical (unpaired) electrons. The molecule has 1 saturated heterocycles. The van der Waals surface area contributed by atoms with Gasteiger partial charge in [0.2, 0.25) is 5.91 Å². The van der Waals surface area contributed by atoms with E-state index < -0.39 is 0 Å². The number of hydrazine groups is 1. The van der Waals surface area contributed by atoms with Crippen LogP contribution in [0.25, 0.3) is 11.3 Å². The Morgan fingerprint density at radius 3 is 3.04 bits per heavy atom. The van der Waals surface area contributed by atoms with Crippen LogP contribution in [0, 0.1) is 5.82 Å². The lowest BCUT2D eigenvalue weighted by atomic mass is 9.99. The molecule has 2 unspecified atom stereocenters. The van der Waals surface area contributed by atoms with Gasteiger partial charge in [0.1, 0.15) is 23.3 Å². The fourth-order valence-corrected chi connectivity index (χ4v) is 3.80. The van der Waals surface area contributed by atoms with Gasteiger partial charge in [-0.3, -0.25) is 10.2 Å². The predicted octanol–water partition coefficient (Wildman–Crippen LogP) is 2.40. The largest absolute Gasteiger partial charge is 0.360 e. The number of nitrogens with one attached hydrogen (secondary N) is 2. The summed E-state index contributed by atoms with van der Waals surface area (Å²) in [4.78, 5) is 14.7. The predicted molar refractivity (Wildman–Crippen MR) is 94.4 cm³/mol. The molecule has 6 nitrogen and oxygen atoms in total. The lowest BCUT2D eigenvalue weighted by molar-refractivity contribution is -0.134. The van der Waals surface area contributed by atoms with E-state index >= 15 is 0 Å². The van der Waals surface area contributed by atoms with Crippen LogP contribution in [0.2, 0.25) is 0 Å². The average molecular weight is 358 g/mol. The van der Waals surface area contributed by atoms with Crippen LogP contribution in [0.1, 0.15) is 37.5 Å². The molecule has 1 aromatic carbocycles. The number of hydrogen-bond donors (Lipinski definition) is 2. The zero-order valence-electron chi connectivity index (χ0n) is 14.8. The van der Waals surface area contributed by atoms with Crippen LogP contribution in [0.5, 0.6) is 0 Å². The van der Waals surface area contributed by atoms with E-state index in [-0.39, 0.29) is 17.8 Å². The van der Waals surface area contributed by atoms with Crippen LogP contribution >= 0.6 is 0 Å². The highest BCUT2D eigenvalue weighted by molar-refractivity contribution is 5.82. The van der Waals surface area contributed by atoms with Gasteiger partial charge in [-0.1, -0.05) is 30.6 Å². The highest BCUT2D eigenvalue weighted by Gasteiger charge is 2.35. The molecule has 26 heavy (non-hydrogen) atoms. The first-order valence-electron chi connectivity index (χ1n) is 9.19. The van der Waals surface area contributed by atoms with Crippen LogP contribution in [-0.4, -0.2) is 34.6 Å². The summed E-state index contributed by atoms with van der Waals surface area (Å²) in [5.41, 5.74) is 8.05. The molecule has 4 rings (SSSR count). The summed E-state index contributed by atoms with van der Waals surface area (Å²) in [6.45, 7) is 3.13. The van der Waals surface area contributed by atoms with E-state index in [1.807, 2.05) is 4.90 Å². The smallest absolute Gasteiger partial charge is 0.241 e. The van der Waals surface area contributed by atoms with Gasteiger partial charge in [-0.05, 0) is 25.0 Å². The molecule has 2 atom stereocenters. The minimum Gasteiger partial charge on any atom is -0.360 e. The van der Waals surface area contributed by atoms with Crippen molar-refractivity contribution < 1.29 is 13.7 Å². The first-order valence-corrected chi connectivity index (χ1v) is 9.19. The average Bonchev–Trinajstić information content (AvgIpc) is 3.28. The van der Waals surface area contributed by atoms with Gasteiger partial charge in [0, 0.05) is 30.1 Å². The van der Waals surface area contributed by atoms with Crippen molar-refractivity contribution in [1.29, 1.82) is 0 Å². The van der Waals surface area contributed by atoms with E-state index in [9.17, 15) is 9.18 Å². The minimum absolute atomic E-state index is 0.0717. The van der Waals surface area contributed by atoms with Crippen molar-refractivity contribution in [3.63, 3.8) is 0 Å². The molecule has 2 N–H and O–H groups in total. The summed E-state index contributed by atoms with van der Waals surface area (Å²) in [6.07, 6.45) is 3.52. The van der Waals surface area contributed by atoms with Gasteiger partial charge < -0.3 is 9.42 Å². The molecular weight excluding hydrogens is 335 g/mol. The normalized spacial score (nSPS) is 22.5. The zero-order chi connectivity index (χ0) is 18.1. The number of amides is 1. The maximum absolute atomic E-state index is 14.2. The standard InChI is InChI=1S/C19H23FN4O2/c1-2-5-12-10-16(22-21-12)19(25)24-9-8-17-14(11-24)18(23-26-17)13-6-3-4-7-15(13)20/h3-4,6-7,12,16,21-22H,2,5,8-11H2,1H3. The number of rotatable bonds is 4. The Labute approximate surface area is 151 Å². The van der Waals surface area contributed by atoms with E-state index in [1.54, 1.807) is 18.2 Å². The van der Waals surface area contributed by atoms with Crippen LogP contribution in [0.3, 0.4) is 0 Å². The van der Waals surface area contributed by atoms with Crippen LogP contribution in [0.4, 0.5) is 4.39 Å². The van der Waals surface area contributed by atoms with Crippen LogP contribution in [0.15, 0.2) is 28.8 Å². The van der Waals surface area contributed by atoms with E-state index in [2.05, 4.69) is 22.9 Å². The number of aromatic nitrogens is 1. The second kappa shape index (κ2) is 7.17. The van der Waals surface area contributed by atoms with Gasteiger partial charge in [0.25, 0.3) is 0 Å². The summed E-state index contributed by atoms with van der Waals surface area (Å²) < 4.78 is 19.6. The van der Waals surface area contributed by atoms with Crippen molar-refractivity contribution in [3.8, 4) is 11.3 Å². The molecule has 138 valence electrons. The van der Waals surface area contributed by atoms with E-state index in [1.165, 1.54) is 6.07 Å². The van der Waals surface area contributed by atoms with Gasteiger partial charge in [-0.2, -0.15) is 0 Å². The number of carbonyl (C=O) groups excluding carboxylic acids is 1. The highest BCUT2D eigenvalue weighted by Crippen LogP contribution is 2.31. The third kappa shape index (κ3) is 3.12. The summed E-state index contributed by atoms with van der Waals surface area (Å²) in [6, 6.07) is 6.62. The number of nitrogens with zero attached hydrogens (tertiary/aromatic N) is 2. The van der Waals surface area contributed by atoms with E-state index in [0.29, 0.717) is 36.8 Å². The molecule has 2 aliphatic heterocycles. The Bertz CT molecular complexity index is 807. The molecule has 0 bridgehead atoms. The SMILES string of the molecule is CCCC1CC(C(=O)N2CCc3onc(-c4ccccc4F)c3C2)NN1. The molecule has 1 fully saturated rings. The second-order valence-corrected chi connectivity index (χ2v) is 6.99. The lowest BCUT2D eigenvalue weighted by Crippen LogP contribution is -2.47. The number of fused-ring (bicyclic) bond motifs is 1. The van der Waals surface area contributed by atoms with Gasteiger partial charge in [0.05, 0.1) is 6.54 Å². The van der Waals surface area contributed by atoms with Gasteiger partial charge >= 0.3 is 0 Å². The van der Waals surface area contributed by atoms with Gasteiger partial charge in [-0.25, -0.2) is 9.82 Å².